The number of aliphatic hydroxyl groups excluding tert-OH is 1. The fourth-order valence-corrected chi connectivity index (χ4v) is 2.04. The Hall–Kier alpha value is -2.94. The summed E-state index contributed by atoms with van der Waals surface area (Å²) in [5, 5.41) is 26.0. The maximum Gasteiger partial charge on any atom is 0.332 e. The van der Waals surface area contributed by atoms with Gasteiger partial charge in [0.05, 0.1) is 12.0 Å². The van der Waals surface area contributed by atoms with Gasteiger partial charge in [-0.05, 0) is 37.6 Å². The molecule has 0 spiro atoms. The molecule has 0 fully saturated rings. The highest BCUT2D eigenvalue weighted by molar-refractivity contribution is 5.68. The van der Waals surface area contributed by atoms with E-state index in [4.69, 9.17) is 9.84 Å². The number of nitrogens with zero attached hydrogens (tertiary/aromatic N) is 3. The van der Waals surface area contributed by atoms with Crippen molar-refractivity contribution in [1.82, 2.24) is 9.97 Å². The van der Waals surface area contributed by atoms with E-state index in [-0.39, 0.29) is 29.8 Å². The third-order valence-electron chi connectivity index (χ3n) is 3.21. The lowest BCUT2D eigenvalue weighted by atomic mass is 10.3. The van der Waals surface area contributed by atoms with Crippen LogP contribution in [0.4, 0.5) is 23.1 Å². The SMILES string of the molecule is COc1ccc(Nc2nc(NCCCO)nc(C)c2[N+](=O)[O-])cc1. The quantitative estimate of drug-likeness (QED) is 0.382. The molecule has 2 rings (SSSR count). The molecule has 0 aliphatic rings. The summed E-state index contributed by atoms with van der Waals surface area (Å²) in [6.07, 6.45) is 0.528. The Morgan fingerprint density at radius 3 is 2.58 bits per heavy atom. The fraction of sp³-hybridized carbons (Fsp3) is 0.333. The van der Waals surface area contributed by atoms with Gasteiger partial charge in [-0.25, -0.2) is 4.98 Å². The summed E-state index contributed by atoms with van der Waals surface area (Å²) >= 11 is 0. The van der Waals surface area contributed by atoms with Crippen molar-refractivity contribution in [2.75, 3.05) is 30.9 Å². The van der Waals surface area contributed by atoms with Crippen LogP contribution in [0.5, 0.6) is 5.75 Å². The number of nitro groups is 1. The van der Waals surface area contributed by atoms with Crippen molar-refractivity contribution in [1.29, 1.82) is 0 Å². The number of anilines is 3. The molecule has 0 aliphatic carbocycles. The minimum atomic E-state index is -0.515. The first-order valence-electron chi connectivity index (χ1n) is 7.34. The van der Waals surface area contributed by atoms with E-state index in [1.54, 1.807) is 38.3 Å². The van der Waals surface area contributed by atoms with Crippen molar-refractivity contribution in [2.24, 2.45) is 0 Å². The molecule has 0 radical (unpaired) electrons. The monoisotopic (exact) mass is 333 g/mol. The summed E-state index contributed by atoms with van der Waals surface area (Å²) in [5.41, 5.74) is 0.703. The van der Waals surface area contributed by atoms with Crippen LogP contribution in [0.2, 0.25) is 0 Å². The van der Waals surface area contributed by atoms with E-state index in [1.165, 1.54) is 0 Å². The van der Waals surface area contributed by atoms with Gasteiger partial charge >= 0.3 is 5.69 Å². The number of benzene rings is 1. The summed E-state index contributed by atoms with van der Waals surface area (Å²) in [7, 11) is 1.56. The minimum absolute atomic E-state index is 0.0376. The lowest BCUT2D eigenvalue weighted by Crippen LogP contribution is -2.11. The highest BCUT2D eigenvalue weighted by Gasteiger charge is 2.22. The molecule has 0 atom stereocenters. The van der Waals surface area contributed by atoms with Gasteiger partial charge < -0.3 is 20.5 Å². The van der Waals surface area contributed by atoms with Gasteiger partial charge in [-0.1, -0.05) is 0 Å². The maximum absolute atomic E-state index is 11.3. The van der Waals surface area contributed by atoms with Gasteiger partial charge in [0.15, 0.2) is 0 Å². The lowest BCUT2D eigenvalue weighted by Gasteiger charge is -2.11. The van der Waals surface area contributed by atoms with Crippen LogP contribution in [-0.4, -0.2) is 40.3 Å². The van der Waals surface area contributed by atoms with E-state index >= 15 is 0 Å². The number of ether oxygens (including phenoxy) is 1. The summed E-state index contributed by atoms with van der Waals surface area (Å²) in [6, 6.07) is 6.95. The summed E-state index contributed by atoms with van der Waals surface area (Å²) in [6.45, 7) is 2.06. The predicted molar refractivity (Wildman–Crippen MR) is 89.9 cm³/mol. The zero-order valence-corrected chi connectivity index (χ0v) is 13.4. The average molecular weight is 333 g/mol. The van der Waals surface area contributed by atoms with Crippen molar-refractivity contribution in [2.45, 2.75) is 13.3 Å². The molecule has 9 nitrogen and oxygen atoms in total. The lowest BCUT2D eigenvalue weighted by molar-refractivity contribution is -0.385. The Balaban J connectivity index is 2.31. The van der Waals surface area contributed by atoms with Crippen molar-refractivity contribution in [3.8, 4) is 5.75 Å². The number of aryl methyl sites for hydroxylation is 1. The smallest absolute Gasteiger partial charge is 0.332 e. The molecule has 0 saturated heterocycles. The third kappa shape index (κ3) is 4.29. The van der Waals surface area contributed by atoms with E-state index in [9.17, 15) is 10.1 Å². The molecule has 24 heavy (non-hydrogen) atoms. The highest BCUT2D eigenvalue weighted by Crippen LogP contribution is 2.29. The Labute approximate surface area is 138 Å². The largest absolute Gasteiger partial charge is 0.497 e. The zero-order chi connectivity index (χ0) is 17.5. The van der Waals surface area contributed by atoms with Crippen LogP contribution < -0.4 is 15.4 Å². The van der Waals surface area contributed by atoms with Gasteiger partial charge in [0, 0.05) is 18.8 Å². The zero-order valence-electron chi connectivity index (χ0n) is 13.4. The average Bonchev–Trinajstić information content (AvgIpc) is 2.55. The first-order valence-corrected chi connectivity index (χ1v) is 7.34. The molecular formula is C15H19N5O4. The predicted octanol–water partition coefficient (Wildman–Crippen LogP) is 2.24. The van der Waals surface area contributed by atoms with E-state index < -0.39 is 4.92 Å². The molecule has 0 unspecified atom stereocenters. The second kappa shape index (κ2) is 8.06. The minimum Gasteiger partial charge on any atom is -0.497 e. The Bertz CT molecular complexity index is 706. The van der Waals surface area contributed by atoms with E-state index in [0.717, 1.165) is 0 Å². The molecule has 0 amide bonds. The highest BCUT2D eigenvalue weighted by atomic mass is 16.6. The number of hydrogen-bond acceptors (Lipinski definition) is 8. The van der Waals surface area contributed by atoms with Crippen LogP contribution in [0.25, 0.3) is 0 Å². The van der Waals surface area contributed by atoms with E-state index in [2.05, 4.69) is 20.6 Å². The van der Waals surface area contributed by atoms with Crippen molar-refractivity contribution < 1.29 is 14.8 Å². The molecular weight excluding hydrogens is 314 g/mol. The number of aromatic nitrogens is 2. The van der Waals surface area contributed by atoms with Crippen LogP contribution in [0.15, 0.2) is 24.3 Å². The van der Waals surface area contributed by atoms with Crippen molar-refractivity contribution >= 4 is 23.1 Å². The second-order valence-corrected chi connectivity index (χ2v) is 4.94. The summed E-state index contributed by atoms with van der Waals surface area (Å²) < 4.78 is 5.08. The van der Waals surface area contributed by atoms with Crippen LogP contribution in [0.1, 0.15) is 12.1 Å². The molecule has 9 heteroatoms. The standard InChI is InChI=1S/C15H19N5O4/c1-10-13(20(22)23)14(19-15(17-10)16-8-3-9-21)18-11-4-6-12(24-2)7-5-11/h4-7,21H,3,8-9H2,1-2H3,(H2,16,17,18,19). The molecule has 128 valence electrons. The molecule has 0 bridgehead atoms. The molecule has 1 aromatic heterocycles. The van der Waals surface area contributed by atoms with Gasteiger partial charge in [-0.15, -0.1) is 0 Å². The van der Waals surface area contributed by atoms with Gasteiger partial charge in [0.2, 0.25) is 11.8 Å². The molecule has 1 heterocycles. The Kier molecular flexibility index (Phi) is 5.85. The van der Waals surface area contributed by atoms with Crippen LogP contribution >= 0.6 is 0 Å². The normalized spacial score (nSPS) is 10.3. The molecule has 2 aromatic rings. The molecule has 0 aliphatic heterocycles. The summed E-state index contributed by atoms with van der Waals surface area (Å²) in [4.78, 5) is 19.1. The topological polar surface area (TPSA) is 122 Å². The maximum atomic E-state index is 11.3. The Morgan fingerprint density at radius 2 is 2.00 bits per heavy atom. The van der Waals surface area contributed by atoms with Crippen LogP contribution in [-0.2, 0) is 0 Å². The van der Waals surface area contributed by atoms with Gasteiger partial charge in [-0.3, -0.25) is 10.1 Å². The number of rotatable bonds is 8. The number of aliphatic hydroxyl groups is 1. The molecule has 0 saturated carbocycles. The first-order chi connectivity index (χ1) is 11.5. The number of nitrogens with one attached hydrogen (secondary N) is 2. The first kappa shape index (κ1) is 17.4. The van der Waals surface area contributed by atoms with Crippen molar-refractivity contribution in [3.05, 3.63) is 40.1 Å². The molecule has 1 aromatic carbocycles. The van der Waals surface area contributed by atoms with E-state index in [1.807, 2.05) is 0 Å². The molecule has 3 N–H and O–H groups in total. The number of hydrogen-bond donors (Lipinski definition) is 3. The number of methoxy groups -OCH3 is 1. The van der Waals surface area contributed by atoms with E-state index in [0.29, 0.717) is 24.4 Å². The van der Waals surface area contributed by atoms with Gasteiger partial charge in [0.1, 0.15) is 11.4 Å². The van der Waals surface area contributed by atoms with Crippen LogP contribution in [0.3, 0.4) is 0 Å². The second-order valence-electron chi connectivity index (χ2n) is 4.94. The van der Waals surface area contributed by atoms with Gasteiger partial charge in [-0.2, -0.15) is 4.98 Å². The Morgan fingerprint density at radius 1 is 1.29 bits per heavy atom. The fourth-order valence-electron chi connectivity index (χ4n) is 2.04. The summed E-state index contributed by atoms with van der Waals surface area (Å²) in [5.74, 6) is 1.05. The van der Waals surface area contributed by atoms with Crippen LogP contribution in [0, 0.1) is 17.0 Å². The van der Waals surface area contributed by atoms with Crippen molar-refractivity contribution in [3.63, 3.8) is 0 Å². The van der Waals surface area contributed by atoms with Gasteiger partial charge in [0.25, 0.3) is 0 Å². The third-order valence-corrected chi connectivity index (χ3v) is 3.21.